The summed E-state index contributed by atoms with van der Waals surface area (Å²) < 4.78 is 14.9. The van der Waals surface area contributed by atoms with Crippen LogP contribution in [0, 0.1) is 12.7 Å². The van der Waals surface area contributed by atoms with Crippen molar-refractivity contribution >= 4 is 23.2 Å². The van der Waals surface area contributed by atoms with Crippen molar-refractivity contribution in [1.82, 2.24) is 9.97 Å². The molecule has 0 atom stereocenters. The first-order valence-electron chi connectivity index (χ1n) is 10.1. The number of nitrogens with two attached hydrogens (primary N) is 1. The number of aromatic nitrogens is 2. The normalized spacial score (nSPS) is 10.7. The van der Waals surface area contributed by atoms with Gasteiger partial charge in [-0.25, -0.2) is 9.37 Å². The Hall–Kier alpha value is -3.61. The molecule has 2 N–H and O–H groups in total. The monoisotopic (exact) mass is 420 g/mol. The molecule has 31 heavy (non-hydrogen) atoms. The van der Waals surface area contributed by atoms with E-state index < -0.39 is 5.82 Å². The number of rotatable bonds is 7. The van der Waals surface area contributed by atoms with Crippen molar-refractivity contribution < 1.29 is 14.0 Å². The topological polar surface area (TPSA) is 89.2 Å². The lowest BCUT2D eigenvalue weighted by Crippen LogP contribution is -2.26. The van der Waals surface area contributed by atoms with Crippen molar-refractivity contribution in [2.24, 2.45) is 0 Å². The maximum atomic E-state index is 14.9. The Labute approximate surface area is 180 Å². The molecule has 160 valence electrons. The van der Waals surface area contributed by atoms with Crippen LogP contribution in [0.2, 0.25) is 0 Å². The minimum atomic E-state index is -0.445. The molecule has 0 spiro atoms. The Morgan fingerprint density at radius 3 is 2.45 bits per heavy atom. The molecule has 7 heteroatoms. The first-order chi connectivity index (χ1) is 14.8. The summed E-state index contributed by atoms with van der Waals surface area (Å²) in [7, 11) is 1.56. The van der Waals surface area contributed by atoms with E-state index >= 15 is 0 Å². The largest absolute Gasteiger partial charge is 0.384 e. The van der Waals surface area contributed by atoms with Gasteiger partial charge in [0.2, 0.25) is 5.91 Å². The van der Waals surface area contributed by atoms with Crippen molar-refractivity contribution in [3.05, 3.63) is 71.4 Å². The van der Waals surface area contributed by atoms with E-state index in [1.54, 1.807) is 63.6 Å². The van der Waals surface area contributed by atoms with Crippen LogP contribution in [0.1, 0.15) is 41.4 Å². The first kappa shape index (κ1) is 22.1. The number of ketones is 1. The smallest absolute Gasteiger partial charge is 0.226 e. The van der Waals surface area contributed by atoms with E-state index in [-0.39, 0.29) is 17.4 Å². The number of pyridine rings is 2. The molecule has 3 rings (SSSR count). The van der Waals surface area contributed by atoms with Crippen LogP contribution < -0.4 is 10.6 Å². The molecule has 1 amide bonds. The number of amides is 1. The first-order valence-corrected chi connectivity index (χ1v) is 10.1. The van der Waals surface area contributed by atoms with Gasteiger partial charge in [-0.05, 0) is 48.2 Å². The molecule has 0 radical (unpaired) electrons. The number of hydrogen-bond acceptors (Lipinski definition) is 5. The van der Waals surface area contributed by atoms with Crippen molar-refractivity contribution in [3.63, 3.8) is 0 Å². The van der Waals surface area contributed by atoms with E-state index in [1.807, 2.05) is 6.07 Å². The molecule has 0 unspecified atom stereocenters. The number of carbonyl (C=O) groups is 2. The lowest BCUT2D eigenvalue weighted by atomic mass is 9.99. The van der Waals surface area contributed by atoms with Gasteiger partial charge in [0.1, 0.15) is 17.3 Å². The molecule has 0 aliphatic rings. The third-order valence-corrected chi connectivity index (χ3v) is 5.25. The standard InChI is InChI=1S/C24H25FN4O2/c1-4-23(31)29(3)20-10-8-18(15(2)24(20)25)17-7-9-19(27-14-17)21(30)11-5-16-6-12-22(26)28-13-16/h6-10,12-14H,4-5,11H2,1-3H3,(H2,26,28). The average molecular weight is 420 g/mol. The summed E-state index contributed by atoms with van der Waals surface area (Å²) in [6, 6.07) is 10.3. The third-order valence-electron chi connectivity index (χ3n) is 5.25. The number of nitrogens with zero attached hydrogens (tertiary/aromatic N) is 3. The molecule has 3 aromatic rings. The second-order valence-corrected chi connectivity index (χ2v) is 7.32. The van der Waals surface area contributed by atoms with Crippen LogP contribution in [-0.2, 0) is 11.2 Å². The van der Waals surface area contributed by atoms with E-state index in [2.05, 4.69) is 9.97 Å². The van der Waals surface area contributed by atoms with Crippen molar-refractivity contribution in [3.8, 4) is 11.1 Å². The van der Waals surface area contributed by atoms with Crippen LogP contribution in [0.4, 0.5) is 15.9 Å². The van der Waals surface area contributed by atoms with Crippen LogP contribution in [0.15, 0.2) is 48.8 Å². The second-order valence-electron chi connectivity index (χ2n) is 7.32. The Morgan fingerprint density at radius 2 is 1.84 bits per heavy atom. The highest BCUT2D eigenvalue weighted by Crippen LogP contribution is 2.31. The second kappa shape index (κ2) is 9.47. The highest BCUT2D eigenvalue weighted by molar-refractivity contribution is 5.95. The van der Waals surface area contributed by atoms with Crippen LogP contribution in [0.3, 0.4) is 0 Å². The summed E-state index contributed by atoms with van der Waals surface area (Å²) in [5.74, 6) is -0.249. The summed E-state index contributed by atoms with van der Waals surface area (Å²) in [6.45, 7) is 3.40. The number of benzene rings is 1. The number of carbonyl (C=O) groups excluding carboxylic acids is 2. The predicted molar refractivity (Wildman–Crippen MR) is 119 cm³/mol. The molecule has 0 saturated carbocycles. The van der Waals surface area contributed by atoms with E-state index in [4.69, 9.17) is 5.73 Å². The molecule has 1 aromatic carbocycles. The van der Waals surface area contributed by atoms with Crippen LogP contribution in [0.25, 0.3) is 11.1 Å². The Kier molecular flexibility index (Phi) is 6.74. The Morgan fingerprint density at radius 1 is 1.06 bits per heavy atom. The van der Waals surface area contributed by atoms with Gasteiger partial charge in [0.05, 0.1) is 5.69 Å². The van der Waals surface area contributed by atoms with Gasteiger partial charge in [-0.2, -0.15) is 0 Å². The van der Waals surface area contributed by atoms with Crippen LogP contribution in [0.5, 0.6) is 0 Å². The average Bonchev–Trinajstić information content (AvgIpc) is 2.79. The minimum absolute atomic E-state index is 0.0821. The maximum Gasteiger partial charge on any atom is 0.226 e. The van der Waals surface area contributed by atoms with Gasteiger partial charge in [0.15, 0.2) is 5.78 Å². The van der Waals surface area contributed by atoms with Gasteiger partial charge in [0.25, 0.3) is 0 Å². The number of anilines is 2. The molecule has 0 bridgehead atoms. The van der Waals surface area contributed by atoms with Gasteiger partial charge in [-0.1, -0.05) is 25.1 Å². The third kappa shape index (κ3) is 4.94. The van der Waals surface area contributed by atoms with E-state index in [9.17, 15) is 14.0 Å². The Balaban J connectivity index is 1.74. The number of halogens is 1. The predicted octanol–water partition coefficient (Wildman–Crippen LogP) is 4.36. The van der Waals surface area contributed by atoms with Gasteiger partial charge in [-0.3, -0.25) is 14.6 Å². The molecular formula is C24H25FN4O2. The van der Waals surface area contributed by atoms with Crippen molar-refractivity contribution in [2.45, 2.75) is 33.1 Å². The van der Waals surface area contributed by atoms with E-state index in [0.29, 0.717) is 47.5 Å². The number of nitrogen functional groups attached to an aromatic ring is 1. The zero-order chi connectivity index (χ0) is 22.5. The SMILES string of the molecule is CCC(=O)N(C)c1ccc(-c2ccc(C(=O)CCc3ccc(N)nc3)nc2)c(C)c1F. The number of Topliss-reactive ketones (excluding diaryl/α,β-unsaturated/α-hetero) is 1. The fraction of sp³-hybridized carbons (Fsp3) is 0.250. The zero-order valence-electron chi connectivity index (χ0n) is 17.9. The molecule has 0 saturated heterocycles. The summed E-state index contributed by atoms with van der Waals surface area (Å²) >= 11 is 0. The van der Waals surface area contributed by atoms with Crippen LogP contribution >= 0.6 is 0 Å². The zero-order valence-corrected chi connectivity index (χ0v) is 17.9. The molecule has 2 aromatic heterocycles. The highest BCUT2D eigenvalue weighted by atomic mass is 19.1. The maximum absolute atomic E-state index is 14.9. The Bertz CT molecular complexity index is 1100. The fourth-order valence-corrected chi connectivity index (χ4v) is 3.30. The van der Waals surface area contributed by atoms with Gasteiger partial charge >= 0.3 is 0 Å². The van der Waals surface area contributed by atoms with Crippen molar-refractivity contribution in [2.75, 3.05) is 17.7 Å². The van der Waals surface area contributed by atoms with Crippen molar-refractivity contribution in [1.29, 1.82) is 0 Å². The molecule has 0 fully saturated rings. The number of hydrogen-bond donors (Lipinski definition) is 1. The summed E-state index contributed by atoms with van der Waals surface area (Å²) in [6.07, 6.45) is 4.38. The molecule has 0 aliphatic carbocycles. The van der Waals surface area contributed by atoms with Crippen LogP contribution in [-0.4, -0.2) is 28.7 Å². The molecule has 2 heterocycles. The summed E-state index contributed by atoms with van der Waals surface area (Å²) in [4.78, 5) is 34.0. The summed E-state index contributed by atoms with van der Waals surface area (Å²) in [5.41, 5.74) is 8.88. The van der Waals surface area contributed by atoms with Gasteiger partial charge in [0, 0.05) is 37.8 Å². The van der Waals surface area contributed by atoms with E-state index in [1.165, 1.54) is 4.90 Å². The van der Waals surface area contributed by atoms with Gasteiger partial charge in [-0.15, -0.1) is 0 Å². The molecule has 6 nitrogen and oxygen atoms in total. The summed E-state index contributed by atoms with van der Waals surface area (Å²) in [5, 5.41) is 0. The van der Waals surface area contributed by atoms with Gasteiger partial charge < -0.3 is 10.6 Å². The molecular weight excluding hydrogens is 395 g/mol. The minimum Gasteiger partial charge on any atom is -0.384 e. The quantitative estimate of drug-likeness (QED) is 0.574. The lowest BCUT2D eigenvalue weighted by molar-refractivity contribution is -0.118. The lowest BCUT2D eigenvalue weighted by Gasteiger charge is -2.19. The van der Waals surface area contributed by atoms with E-state index in [0.717, 1.165) is 5.56 Å². The molecule has 0 aliphatic heterocycles. The highest BCUT2D eigenvalue weighted by Gasteiger charge is 2.18. The number of aryl methyl sites for hydroxylation is 1. The fourth-order valence-electron chi connectivity index (χ4n) is 3.30.